The Bertz CT molecular complexity index is 749. The molecular weight excluding hydrogens is 302 g/mol. The fourth-order valence-electron chi connectivity index (χ4n) is 1.90. The topological polar surface area (TPSA) is 80.2 Å². The molecule has 0 bridgehead atoms. The maximum absolute atomic E-state index is 12.5. The molecule has 0 saturated carbocycles. The van der Waals surface area contributed by atoms with Gasteiger partial charge in [0.2, 0.25) is 0 Å². The molecule has 2 rings (SSSR count). The van der Waals surface area contributed by atoms with E-state index < -0.39 is 10.0 Å². The van der Waals surface area contributed by atoms with Crippen LogP contribution in [0.25, 0.3) is 0 Å². The summed E-state index contributed by atoms with van der Waals surface area (Å²) in [6, 6.07) is 8.07. The molecule has 7 heteroatoms. The van der Waals surface area contributed by atoms with Gasteiger partial charge in [0, 0.05) is 25.5 Å². The summed E-state index contributed by atoms with van der Waals surface area (Å²) < 4.78 is 26.0. The molecule has 2 aromatic rings. The molecule has 0 spiro atoms. The standard InChI is InChI=1S/C15H19N3O3S/c1-12-3-5-14(6-4-12)22(20,21)18-10-7-13(11-18)15(19)17-9-8-16-2/h3-7,10-11,16H,8-9H2,1-2H3,(H,17,19). The minimum atomic E-state index is -3.67. The lowest BCUT2D eigenvalue weighted by Crippen LogP contribution is -2.30. The summed E-state index contributed by atoms with van der Waals surface area (Å²) in [4.78, 5) is 12.1. The van der Waals surface area contributed by atoms with Crippen molar-refractivity contribution in [1.82, 2.24) is 14.6 Å². The van der Waals surface area contributed by atoms with E-state index in [9.17, 15) is 13.2 Å². The second-order valence-corrected chi connectivity index (χ2v) is 6.75. The molecule has 1 heterocycles. The fraction of sp³-hybridized carbons (Fsp3) is 0.267. The highest BCUT2D eigenvalue weighted by Crippen LogP contribution is 2.15. The molecule has 0 aliphatic rings. The van der Waals surface area contributed by atoms with E-state index in [0.29, 0.717) is 18.7 Å². The predicted octanol–water partition coefficient (Wildman–Crippen LogP) is 0.983. The van der Waals surface area contributed by atoms with E-state index in [1.165, 1.54) is 18.5 Å². The Labute approximate surface area is 130 Å². The van der Waals surface area contributed by atoms with Crippen molar-refractivity contribution in [2.45, 2.75) is 11.8 Å². The van der Waals surface area contributed by atoms with Crippen LogP contribution >= 0.6 is 0 Å². The second-order valence-electron chi connectivity index (χ2n) is 4.91. The van der Waals surface area contributed by atoms with Gasteiger partial charge in [0.15, 0.2) is 0 Å². The normalized spacial score (nSPS) is 11.4. The van der Waals surface area contributed by atoms with Gasteiger partial charge < -0.3 is 10.6 Å². The zero-order valence-corrected chi connectivity index (χ0v) is 13.4. The molecule has 2 N–H and O–H groups in total. The van der Waals surface area contributed by atoms with E-state index in [-0.39, 0.29) is 10.8 Å². The van der Waals surface area contributed by atoms with Gasteiger partial charge in [0.05, 0.1) is 10.5 Å². The van der Waals surface area contributed by atoms with E-state index in [1.807, 2.05) is 6.92 Å². The monoisotopic (exact) mass is 321 g/mol. The van der Waals surface area contributed by atoms with Gasteiger partial charge in [-0.1, -0.05) is 17.7 Å². The van der Waals surface area contributed by atoms with Crippen LogP contribution in [0.2, 0.25) is 0 Å². The van der Waals surface area contributed by atoms with Crippen molar-refractivity contribution in [3.8, 4) is 0 Å². The number of aromatic nitrogens is 1. The highest BCUT2D eigenvalue weighted by Gasteiger charge is 2.18. The van der Waals surface area contributed by atoms with Crippen molar-refractivity contribution >= 4 is 15.9 Å². The predicted molar refractivity (Wildman–Crippen MR) is 84.5 cm³/mol. The molecule has 118 valence electrons. The molecule has 1 amide bonds. The number of rotatable bonds is 6. The lowest BCUT2D eigenvalue weighted by atomic mass is 10.2. The zero-order chi connectivity index (χ0) is 16.2. The van der Waals surface area contributed by atoms with E-state index in [2.05, 4.69) is 10.6 Å². The Kier molecular flexibility index (Phi) is 4.99. The van der Waals surface area contributed by atoms with Crippen LogP contribution in [0.5, 0.6) is 0 Å². The molecule has 0 atom stereocenters. The Morgan fingerprint density at radius 2 is 1.82 bits per heavy atom. The molecule has 1 aromatic carbocycles. The lowest BCUT2D eigenvalue weighted by Gasteiger charge is -2.06. The van der Waals surface area contributed by atoms with Crippen LogP contribution in [0.4, 0.5) is 0 Å². The van der Waals surface area contributed by atoms with Crippen LogP contribution in [-0.2, 0) is 10.0 Å². The number of benzene rings is 1. The van der Waals surface area contributed by atoms with Crippen molar-refractivity contribution in [2.75, 3.05) is 20.1 Å². The Balaban J connectivity index is 2.19. The van der Waals surface area contributed by atoms with E-state index in [1.54, 1.807) is 31.3 Å². The highest BCUT2D eigenvalue weighted by molar-refractivity contribution is 7.90. The third-order valence-electron chi connectivity index (χ3n) is 3.19. The number of hydrogen-bond donors (Lipinski definition) is 2. The van der Waals surface area contributed by atoms with Crippen LogP contribution in [0.3, 0.4) is 0 Å². The summed E-state index contributed by atoms with van der Waals surface area (Å²) >= 11 is 0. The quantitative estimate of drug-likeness (QED) is 0.777. The first-order valence-corrected chi connectivity index (χ1v) is 8.32. The molecule has 0 aliphatic heterocycles. The van der Waals surface area contributed by atoms with Crippen LogP contribution < -0.4 is 10.6 Å². The largest absolute Gasteiger partial charge is 0.351 e. The maximum Gasteiger partial charge on any atom is 0.267 e. The summed E-state index contributed by atoms with van der Waals surface area (Å²) in [6.07, 6.45) is 2.70. The number of nitrogens with one attached hydrogen (secondary N) is 2. The molecule has 0 aliphatic carbocycles. The van der Waals surface area contributed by atoms with Gasteiger partial charge in [-0.05, 0) is 32.2 Å². The van der Waals surface area contributed by atoms with Gasteiger partial charge in [-0.25, -0.2) is 12.4 Å². The van der Waals surface area contributed by atoms with Crippen molar-refractivity contribution in [1.29, 1.82) is 0 Å². The first-order valence-electron chi connectivity index (χ1n) is 6.88. The lowest BCUT2D eigenvalue weighted by molar-refractivity contribution is 0.0954. The fourth-order valence-corrected chi connectivity index (χ4v) is 3.09. The summed E-state index contributed by atoms with van der Waals surface area (Å²) in [5.74, 6) is -0.298. The number of hydrogen-bond acceptors (Lipinski definition) is 4. The summed E-state index contributed by atoms with van der Waals surface area (Å²) in [6.45, 7) is 3.01. The Morgan fingerprint density at radius 1 is 1.14 bits per heavy atom. The third kappa shape index (κ3) is 3.55. The molecular formula is C15H19N3O3S. The van der Waals surface area contributed by atoms with Gasteiger partial charge in [0.25, 0.3) is 15.9 Å². The number of amides is 1. The third-order valence-corrected chi connectivity index (χ3v) is 4.84. The summed E-state index contributed by atoms with van der Waals surface area (Å²) in [5, 5.41) is 5.62. The number of likely N-dealkylation sites (N-methyl/N-ethyl adjacent to an activating group) is 1. The van der Waals surface area contributed by atoms with Gasteiger partial charge in [-0.3, -0.25) is 4.79 Å². The SMILES string of the molecule is CNCCNC(=O)c1ccn(S(=O)(=O)c2ccc(C)cc2)c1. The van der Waals surface area contributed by atoms with E-state index >= 15 is 0 Å². The molecule has 0 saturated heterocycles. The number of carbonyl (C=O) groups is 1. The number of carbonyl (C=O) groups excluding carboxylic acids is 1. The van der Waals surface area contributed by atoms with Gasteiger partial charge >= 0.3 is 0 Å². The minimum Gasteiger partial charge on any atom is -0.351 e. The average Bonchev–Trinajstić information content (AvgIpc) is 2.98. The molecule has 6 nitrogen and oxygen atoms in total. The smallest absolute Gasteiger partial charge is 0.267 e. The molecule has 1 aromatic heterocycles. The number of nitrogens with zero attached hydrogens (tertiary/aromatic N) is 1. The first-order chi connectivity index (χ1) is 10.4. The van der Waals surface area contributed by atoms with Gasteiger partial charge in [-0.2, -0.15) is 0 Å². The molecule has 0 radical (unpaired) electrons. The van der Waals surface area contributed by atoms with E-state index in [0.717, 1.165) is 9.54 Å². The molecule has 0 fully saturated rings. The highest BCUT2D eigenvalue weighted by atomic mass is 32.2. The van der Waals surface area contributed by atoms with Crippen molar-refractivity contribution in [3.63, 3.8) is 0 Å². The van der Waals surface area contributed by atoms with Crippen LogP contribution in [-0.4, -0.2) is 38.4 Å². The zero-order valence-electron chi connectivity index (χ0n) is 12.5. The van der Waals surface area contributed by atoms with Crippen LogP contribution in [0.1, 0.15) is 15.9 Å². The Hall–Kier alpha value is -2.12. The minimum absolute atomic E-state index is 0.191. The van der Waals surface area contributed by atoms with Gasteiger partial charge in [0.1, 0.15) is 0 Å². The maximum atomic E-state index is 12.5. The van der Waals surface area contributed by atoms with Crippen LogP contribution in [0, 0.1) is 6.92 Å². The second kappa shape index (κ2) is 6.76. The first kappa shape index (κ1) is 16.3. The van der Waals surface area contributed by atoms with Gasteiger partial charge in [-0.15, -0.1) is 0 Å². The molecule has 0 unspecified atom stereocenters. The Morgan fingerprint density at radius 3 is 2.45 bits per heavy atom. The average molecular weight is 321 g/mol. The molecule has 22 heavy (non-hydrogen) atoms. The summed E-state index contributed by atoms with van der Waals surface area (Å²) in [7, 11) is -1.88. The van der Waals surface area contributed by atoms with Crippen molar-refractivity contribution in [3.05, 3.63) is 53.9 Å². The van der Waals surface area contributed by atoms with Crippen molar-refractivity contribution in [2.24, 2.45) is 0 Å². The van der Waals surface area contributed by atoms with E-state index in [4.69, 9.17) is 0 Å². The van der Waals surface area contributed by atoms with Crippen LogP contribution in [0.15, 0.2) is 47.6 Å². The van der Waals surface area contributed by atoms with Crippen molar-refractivity contribution < 1.29 is 13.2 Å². The number of aryl methyl sites for hydroxylation is 1. The summed E-state index contributed by atoms with van der Waals surface area (Å²) in [5.41, 5.74) is 1.29.